The Kier molecular flexibility index (Phi) is 5.95. The third-order valence-electron chi connectivity index (χ3n) is 5.13. The molecule has 158 valence electrons. The van der Waals surface area contributed by atoms with Gasteiger partial charge in [0.05, 0.1) is 11.6 Å². The fraction of sp³-hybridized carbons (Fsp3) is 0.167. The zero-order valence-corrected chi connectivity index (χ0v) is 18.7. The van der Waals surface area contributed by atoms with Crippen molar-refractivity contribution in [1.82, 2.24) is 9.88 Å². The Morgan fingerprint density at radius 1 is 1.03 bits per heavy atom. The molecule has 4 aromatic rings. The summed E-state index contributed by atoms with van der Waals surface area (Å²) in [6, 6.07) is 19.4. The molecule has 0 aliphatic rings. The molecule has 1 aromatic heterocycles. The molecular formula is C24H21BrN2O4. The molecule has 0 saturated carbocycles. The Hall–Kier alpha value is -3.32. The van der Waals surface area contributed by atoms with Crippen LogP contribution in [0.15, 0.2) is 65.1 Å². The predicted molar refractivity (Wildman–Crippen MR) is 123 cm³/mol. The van der Waals surface area contributed by atoms with E-state index in [0.717, 1.165) is 33.0 Å². The van der Waals surface area contributed by atoms with Gasteiger partial charge in [0.25, 0.3) is 5.91 Å². The van der Waals surface area contributed by atoms with Crippen molar-refractivity contribution < 1.29 is 19.1 Å². The summed E-state index contributed by atoms with van der Waals surface area (Å²) in [5.41, 5.74) is 2.10. The lowest BCUT2D eigenvalue weighted by molar-refractivity contribution is -0.133. The van der Waals surface area contributed by atoms with Crippen molar-refractivity contribution in [2.45, 2.75) is 6.54 Å². The number of methoxy groups -OCH3 is 1. The molecule has 3 aromatic carbocycles. The van der Waals surface area contributed by atoms with Crippen molar-refractivity contribution in [3.05, 3.63) is 76.4 Å². The fourth-order valence-electron chi connectivity index (χ4n) is 3.42. The molecule has 0 saturated heterocycles. The minimum absolute atomic E-state index is 0.282. The lowest BCUT2D eigenvalue weighted by Gasteiger charge is -2.17. The second-order valence-electron chi connectivity index (χ2n) is 7.23. The van der Waals surface area contributed by atoms with Crippen LogP contribution in [0.2, 0.25) is 0 Å². The van der Waals surface area contributed by atoms with E-state index in [1.807, 2.05) is 60.7 Å². The molecule has 1 N–H and O–H groups in total. The first-order valence-electron chi connectivity index (χ1n) is 9.70. The van der Waals surface area contributed by atoms with Gasteiger partial charge in [0.2, 0.25) is 0 Å². The van der Waals surface area contributed by atoms with Crippen molar-refractivity contribution in [2.75, 3.05) is 20.8 Å². The number of ether oxygens (including phenoxy) is 2. The number of nitrogens with one attached hydrogen (secondary N) is 1. The van der Waals surface area contributed by atoms with Gasteiger partial charge in [-0.25, -0.2) is 4.79 Å². The summed E-state index contributed by atoms with van der Waals surface area (Å²) >= 11 is 3.43. The Balaban J connectivity index is 1.38. The van der Waals surface area contributed by atoms with Crippen LogP contribution in [-0.4, -0.2) is 42.5 Å². The van der Waals surface area contributed by atoms with Crippen LogP contribution >= 0.6 is 15.9 Å². The van der Waals surface area contributed by atoms with Crippen molar-refractivity contribution in [3.63, 3.8) is 0 Å². The smallest absolute Gasteiger partial charge is 0.356 e. The summed E-state index contributed by atoms with van der Waals surface area (Å²) in [6.45, 7) is 0.0797. The van der Waals surface area contributed by atoms with E-state index in [9.17, 15) is 9.59 Å². The molecule has 1 heterocycles. The molecule has 1 amide bonds. The van der Waals surface area contributed by atoms with E-state index in [-0.39, 0.29) is 12.5 Å². The van der Waals surface area contributed by atoms with Gasteiger partial charge >= 0.3 is 5.97 Å². The molecule has 31 heavy (non-hydrogen) atoms. The van der Waals surface area contributed by atoms with Gasteiger partial charge in [0, 0.05) is 24.5 Å². The summed E-state index contributed by atoms with van der Waals surface area (Å²) in [6.07, 6.45) is 0. The molecule has 0 aliphatic heterocycles. The van der Waals surface area contributed by atoms with Gasteiger partial charge in [-0.1, -0.05) is 36.4 Å². The highest BCUT2D eigenvalue weighted by atomic mass is 79.9. The molecule has 0 spiro atoms. The van der Waals surface area contributed by atoms with E-state index < -0.39 is 5.97 Å². The summed E-state index contributed by atoms with van der Waals surface area (Å²) in [5.74, 6) is -0.0594. The van der Waals surface area contributed by atoms with Crippen molar-refractivity contribution in [2.24, 2.45) is 0 Å². The number of para-hydroxylation sites is 1. The predicted octanol–water partition coefficient (Wildman–Crippen LogP) is 4.91. The first-order chi connectivity index (χ1) is 15.0. The first kappa shape index (κ1) is 20.9. The van der Waals surface area contributed by atoms with Crippen LogP contribution in [0.5, 0.6) is 5.75 Å². The first-order valence-corrected chi connectivity index (χ1v) is 10.5. The molecule has 0 radical (unpaired) electrons. The molecule has 0 bridgehead atoms. The number of H-pyrrole nitrogens is 1. The van der Waals surface area contributed by atoms with Crippen LogP contribution < -0.4 is 4.74 Å². The number of nitrogens with zero attached hydrogens (tertiary/aromatic N) is 1. The molecule has 0 aliphatic carbocycles. The second-order valence-corrected chi connectivity index (χ2v) is 8.03. The maximum absolute atomic E-state index is 12.5. The summed E-state index contributed by atoms with van der Waals surface area (Å²) in [4.78, 5) is 29.5. The quantitative estimate of drug-likeness (QED) is 0.398. The van der Waals surface area contributed by atoms with Crippen LogP contribution in [-0.2, 0) is 16.1 Å². The van der Waals surface area contributed by atoms with Crippen LogP contribution in [0.4, 0.5) is 0 Å². The standard InChI is InChI=1S/C24H21BrN2O4/c1-27(13-15-7-8-17-12-18(30-2)10-9-16(17)11-15)21(28)14-31-24(29)23-22(25)19-5-3-4-6-20(19)26-23/h3-12,26H,13-14H2,1-2H3. The van der Waals surface area contributed by atoms with E-state index in [1.165, 1.54) is 4.90 Å². The van der Waals surface area contributed by atoms with Gasteiger partial charge in [-0.2, -0.15) is 0 Å². The number of amides is 1. The minimum Gasteiger partial charge on any atom is -0.497 e. The highest BCUT2D eigenvalue weighted by Crippen LogP contribution is 2.28. The van der Waals surface area contributed by atoms with E-state index >= 15 is 0 Å². The van der Waals surface area contributed by atoms with E-state index in [4.69, 9.17) is 9.47 Å². The number of rotatable bonds is 6. The lowest BCUT2D eigenvalue weighted by Crippen LogP contribution is -2.30. The normalized spacial score (nSPS) is 10.9. The van der Waals surface area contributed by atoms with Gasteiger partial charge in [-0.05, 0) is 56.5 Å². The Bertz CT molecular complexity index is 1280. The van der Waals surface area contributed by atoms with Crippen LogP contribution in [0.25, 0.3) is 21.7 Å². The van der Waals surface area contributed by atoms with E-state index in [0.29, 0.717) is 16.7 Å². The van der Waals surface area contributed by atoms with Crippen LogP contribution in [0, 0.1) is 0 Å². The number of hydrogen-bond acceptors (Lipinski definition) is 4. The number of carbonyl (C=O) groups is 2. The average molecular weight is 481 g/mol. The zero-order valence-electron chi connectivity index (χ0n) is 17.1. The van der Waals surface area contributed by atoms with Gasteiger partial charge in [0.15, 0.2) is 6.61 Å². The highest BCUT2D eigenvalue weighted by molar-refractivity contribution is 9.10. The maximum Gasteiger partial charge on any atom is 0.356 e. The Morgan fingerprint density at radius 2 is 1.77 bits per heavy atom. The number of likely N-dealkylation sites (N-methyl/N-ethyl adjacent to an activating group) is 1. The Morgan fingerprint density at radius 3 is 2.55 bits per heavy atom. The number of halogens is 1. The number of benzene rings is 3. The number of aromatic amines is 1. The number of esters is 1. The topological polar surface area (TPSA) is 71.6 Å². The minimum atomic E-state index is -0.579. The lowest BCUT2D eigenvalue weighted by atomic mass is 10.1. The third kappa shape index (κ3) is 4.41. The third-order valence-corrected chi connectivity index (χ3v) is 5.95. The molecule has 0 fully saturated rings. The van der Waals surface area contributed by atoms with Gasteiger partial charge < -0.3 is 19.4 Å². The molecular weight excluding hydrogens is 460 g/mol. The number of carbonyl (C=O) groups excluding carboxylic acids is 2. The molecule has 0 atom stereocenters. The highest BCUT2D eigenvalue weighted by Gasteiger charge is 2.19. The molecule has 0 unspecified atom stereocenters. The zero-order chi connectivity index (χ0) is 22.0. The molecule has 4 rings (SSSR count). The van der Waals surface area contributed by atoms with E-state index in [1.54, 1.807) is 14.2 Å². The van der Waals surface area contributed by atoms with Crippen molar-refractivity contribution in [1.29, 1.82) is 0 Å². The van der Waals surface area contributed by atoms with Crippen LogP contribution in [0.1, 0.15) is 16.1 Å². The molecule has 6 nitrogen and oxygen atoms in total. The average Bonchev–Trinajstić information content (AvgIpc) is 3.13. The second kappa shape index (κ2) is 8.81. The number of hydrogen-bond donors (Lipinski definition) is 1. The SMILES string of the molecule is COc1ccc2cc(CN(C)C(=O)COC(=O)c3[nH]c4ccccc4c3Br)ccc2c1. The van der Waals surface area contributed by atoms with Crippen molar-refractivity contribution >= 4 is 49.5 Å². The summed E-state index contributed by atoms with van der Waals surface area (Å²) in [7, 11) is 3.33. The van der Waals surface area contributed by atoms with Crippen LogP contribution in [0.3, 0.4) is 0 Å². The Labute approximate surface area is 187 Å². The number of fused-ring (bicyclic) bond motifs is 2. The largest absolute Gasteiger partial charge is 0.497 e. The monoisotopic (exact) mass is 480 g/mol. The van der Waals surface area contributed by atoms with Crippen molar-refractivity contribution in [3.8, 4) is 5.75 Å². The van der Waals surface area contributed by atoms with Gasteiger partial charge in [0.1, 0.15) is 11.4 Å². The van der Waals surface area contributed by atoms with Gasteiger partial charge in [-0.15, -0.1) is 0 Å². The molecule has 7 heteroatoms. The fourth-order valence-corrected chi connectivity index (χ4v) is 4.03. The summed E-state index contributed by atoms with van der Waals surface area (Å²) < 4.78 is 11.1. The maximum atomic E-state index is 12.5. The summed E-state index contributed by atoms with van der Waals surface area (Å²) in [5, 5.41) is 3.01. The van der Waals surface area contributed by atoms with Gasteiger partial charge in [-0.3, -0.25) is 4.79 Å². The van der Waals surface area contributed by atoms with E-state index in [2.05, 4.69) is 20.9 Å². The number of aromatic nitrogens is 1.